The van der Waals surface area contributed by atoms with Gasteiger partial charge in [-0.2, -0.15) is 0 Å². The van der Waals surface area contributed by atoms with Gasteiger partial charge in [0, 0.05) is 25.5 Å². The molecule has 0 unspecified atom stereocenters. The van der Waals surface area contributed by atoms with Crippen molar-refractivity contribution in [2.45, 2.75) is 51.5 Å². The molecule has 1 amide bonds. The van der Waals surface area contributed by atoms with Crippen LogP contribution in [0.5, 0.6) is 0 Å². The lowest BCUT2D eigenvalue weighted by atomic mass is 9.86. The Labute approximate surface area is 155 Å². The molecule has 1 saturated carbocycles. The molecule has 5 nitrogen and oxygen atoms in total. The molecule has 0 saturated heterocycles. The quantitative estimate of drug-likeness (QED) is 0.423. The molecule has 0 aromatic carbocycles. The van der Waals surface area contributed by atoms with Gasteiger partial charge >= 0.3 is 0 Å². The van der Waals surface area contributed by atoms with Crippen molar-refractivity contribution < 1.29 is 4.79 Å². The van der Waals surface area contributed by atoms with Gasteiger partial charge in [0.25, 0.3) is 0 Å². The zero-order chi connectivity index (χ0) is 17.9. The highest BCUT2D eigenvalue weighted by Crippen LogP contribution is 2.26. The zero-order valence-electron chi connectivity index (χ0n) is 15.6. The molecule has 0 radical (unpaired) electrons. The van der Waals surface area contributed by atoms with Gasteiger partial charge in [-0.3, -0.25) is 4.79 Å². The summed E-state index contributed by atoms with van der Waals surface area (Å²) in [5, 5.41) is 8.79. The highest BCUT2D eigenvalue weighted by atomic mass is 32.1. The fraction of sp³-hybridized carbons (Fsp3) is 0.684. The smallest absolute Gasteiger partial charge is 0.243 e. The van der Waals surface area contributed by atoms with Crippen molar-refractivity contribution in [2.75, 3.05) is 27.2 Å². The first-order valence-corrected chi connectivity index (χ1v) is 10.3. The van der Waals surface area contributed by atoms with Crippen molar-refractivity contribution in [1.29, 1.82) is 0 Å². The van der Waals surface area contributed by atoms with Gasteiger partial charge in [-0.25, -0.2) is 4.99 Å². The molecule has 1 aromatic rings. The molecule has 1 heterocycles. The van der Waals surface area contributed by atoms with E-state index < -0.39 is 0 Å². The number of hydrogen-bond donors (Lipinski definition) is 2. The van der Waals surface area contributed by atoms with Crippen molar-refractivity contribution in [3.8, 4) is 0 Å². The molecule has 0 spiro atoms. The van der Waals surface area contributed by atoms with Gasteiger partial charge in [0.15, 0.2) is 5.96 Å². The van der Waals surface area contributed by atoms with Gasteiger partial charge < -0.3 is 15.5 Å². The summed E-state index contributed by atoms with van der Waals surface area (Å²) >= 11 is 1.72. The van der Waals surface area contributed by atoms with Crippen molar-refractivity contribution in [1.82, 2.24) is 15.5 Å². The lowest BCUT2D eigenvalue weighted by Gasteiger charge is -2.21. The van der Waals surface area contributed by atoms with E-state index in [0.29, 0.717) is 0 Å². The number of nitrogens with zero attached hydrogens (tertiary/aromatic N) is 2. The van der Waals surface area contributed by atoms with Gasteiger partial charge in [-0.1, -0.05) is 38.2 Å². The summed E-state index contributed by atoms with van der Waals surface area (Å²) in [6.45, 7) is 1.82. The normalized spacial score (nSPS) is 15.8. The Morgan fingerprint density at radius 2 is 2.08 bits per heavy atom. The summed E-state index contributed by atoms with van der Waals surface area (Å²) in [6, 6.07) is 4.15. The first kappa shape index (κ1) is 19.8. The van der Waals surface area contributed by atoms with Crippen LogP contribution in [0.15, 0.2) is 22.5 Å². The van der Waals surface area contributed by atoms with Crippen LogP contribution >= 0.6 is 11.3 Å². The average molecular weight is 365 g/mol. The number of carbonyl (C=O) groups is 1. The van der Waals surface area contributed by atoms with Gasteiger partial charge in [-0.05, 0) is 30.2 Å². The molecule has 1 fully saturated rings. The Hall–Kier alpha value is -1.56. The fourth-order valence-corrected chi connectivity index (χ4v) is 3.76. The predicted molar refractivity (Wildman–Crippen MR) is 106 cm³/mol. The van der Waals surface area contributed by atoms with E-state index in [0.717, 1.165) is 31.4 Å². The summed E-state index contributed by atoms with van der Waals surface area (Å²) < 4.78 is 0. The SMILES string of the molecule is CN(C)C(=O)CN=C(NCCCC1CCCCC1)NCc1cccs1. The van der Waals surface area contributed by atoms with Crippen molar-refractivity contribution >= 4 is 23.2 Å². The minimum Gasteiger partial charge on any atom is -0.356 e. The Balaban J connectivity index is 1.75. The summed E-state index contributed by atoms with van der Waals surface area (Å²) in [6.07, 6.45) is 9.47. The predicted octanol–water partition coefficient (Wildman–Crippen LogP) is 3.23. The third-order valence-corrected chi connectivity index (χ3v) is 5.56. The molecular weight excluding hydrogens is 332 g/mol. The van der Waals surface area contributed by atoms with E-state index in [1.54, 1.807) is 30.3 Å². The first-order valence-electron chi connectivity index (χ1n) is 9.40. The molecule has 25 heavy (non-hydrogen) atoms. The summed E-state index contributed by atoms with van der Waals surface area (Å²) in [5.74, 6) is 1.65. The van der Waals surface area contributed by atoms with E-state index in [1.807, 2.05) is 6.07 Å². The molecule has 1 aliphatic rings. The minimum atomic E-state index is 0.0134. The molecule has 6 heteroatoms. The Bertz CT molecular complexity index is 522. The lowest BCUT2D eigenvalue weighted by Crippen LogP contribution is -2.38. The van der Waals surface area contributed by atoms with Crippen LogP contribution in [0, 0.1) is 5.92 Å². The standard InChI is InChI=1S/C19H32N4OS/c1-23(2)18(24)15-22-19(21-14-17-11-7-13-25-17)20-12-6-10-16-8-4-3-5-9-16/h7,11,13,16H,3-6,8-10,12,14-15H2,1-2H3,(H2,20,21,22). The Morgan fingerprint density at radius 1 is 1.28 bits per heavy atom. The maximum atomic E-state index is 11.8. The maximum Gasteiger partial charge on any atom is 0.243 e. The maximum absolute atomic E-state index is 11.8. The number of carbonyl (C=O) groups excluding carboxylic acids is 1. The van der Waals surface area contributed by atoms with Gasteiger partial charge in [-0.15, -0.1) is 11.3 Å². The van der Waals surface area contributed by atoms with Crippen LogP contribution in [-0.2, 0) is 11.3 Å². The minimum absolute atomic E-state index is 0.0134. The monoisotopic (exact) mass is 364 g/mol. The Morgan fingerprint density at radius 3 is 2.76 bits per heavy atom. The number of likely N-dealkylation sites (N-methyl/N-ethyl adjacent to an activating group) is 1. The second-order valence-corrected chi connectivity index (χ2v) is 7.99. The largest absolute Gasteiger partial charge is 0.356 e. The van der Waals surface area contributed by atoms with Crippen LogP contribution in [-0.4, -0.2) is 44.0 Å². The topological polar surface area (TPSA) is 56.7 Å². The number of rotatable bonds is 8. The first-order chi connectivity index (χ1) is 12.1. The van der Waals surface area contributed by atoms with Gasteiger partial charge in [0.1, 0.15) is 6.54 Å². The van der Waals surface area contributed by atoms with E-state index in [1.165, 1.54) is 43.4 Å². The van der Waals surface area contributed by atoms with Crippen LogP contribution in [0.1, 0.15) is 49.8 Å². The number of guanidine groups is 1. The van der Waals surface area contributed by atoms with Gasteiger partial charge in [0.2, 0.25) is 5.91 Å². The van der Waals surface area contributed by atoms with Crippen molar-refractivity contribution in [3.63, 3.8) is 0 Å². The van der Waals surface area contributed by atoms with Crippen LogP contribution in [0.3, 0.4) is 0 Å². The molecule has 1 aromatic heterocycles. The lowest BCUT2D eigenvalue weighted by molar-refractivity contribution is -0.127. The van der Waals surface area contributed by atoms with E-state index in [4.69, 9.17) is 0 Å². The van der Waals surface area contributed by atoms with Crippen molar-refractivity contribution in [2.24, 2.45) is 10.9 Å². The van der Waals surface area contributed by atoms with E-state index in [-0.39, 0.29) is 12.5 Å². The molecule has 2 N–H and O–H groups in total. The fourth-order valence-electron chi connectivity index (χ4n) is 3.12. The molecule has 1 aliphatic carbocycles. The molecule has 0 atom stereocenters. The number of thiophene rings is 1. The van der Waals surface area contributed by atoms with E-state index >= 15 is 0 Å². The van der Waals surface area contributed by atoms with Crippen LogP contribution in [0.25, 0.3) is 0 Å². The van der Waals surface area contributed by atoms with Crippen LogP contribution in [0.2, 0.25) is 0 Å². The summed E-state index contributed by atoms with van der Waals surface area (Å²) in [4.78, 5) is 19.1. The zero-order valence-corrected chi connectivity index (χ0v) is 16.4. The highest BCUT2D eigenvalue weighted by molar-refractivity contribution is 7.09. The molecule has 140 valence electrons. The molecular formula is C19H32N4OS. The average Bonchev–Trinajstić information content (AvgIpc) is 3.14. The number of nitrogens with one attached hydrogen (secondary N) is 2. The van der Waals surface area contributed by atoms with Crippen molar-refractivity contribution in [3.05, 3.63) is 22.4 Å². The summed E-state index contributed by atoms with van der Waals surface area (Å²) in [7, 11) is 3.52. The highest BCUT2D eigenvalue weighted by Gasteiger charge is 2.12. The van der Waals surface area contributed by atoms with E-state index in [2.05, 4.69) is 27.1 Å². The number of hydrogen-bond acceptors (Lipinski definition) is 3. The number of aliphatic imine (C=N–C) groups is 1. The van der Waals surface area contributed by atoms with Gasteiger partial charge in [0.05, 0.1) is 6.54 Å². The molecule has 0 aliphatic heterocycles. The molecule has 2 rings (SSSR count). The third-order valence-electron chi connectivity index (χ3n) is 4.69. The van der Waals surface area contributed by atoms with Crippen LogP contribution in [0.4, 0.5) is 0 Å². The Kier molecular flexibility index (Phi) is 8.80. The second-order valence-electron chi connectivity index (χ2n) is 6.96. The van der Waals surface area contributed by atoms with E-state index in [9.17, 15) is 4.79 Å². The van der Waals surface area contributed by atoms with Crippen LogP contribution < -0.4 is 10.6 Å². The second kappa shape index (κ2) is 11.1. The third kappa shape index (κ3) is 7.90. The summed E-state index contributed by atoms with van der Waals surface area (Å²) in [5.41, 5.74) is 0. The number of amides is 1. The molecule has 0 bridgehead atoms.